The van der Waals surface area contributed by atoms with E-state index in [1.165, 1.54) is 0 Å². The van der Waals surface area contributed by atoms with Gasteiger partial charge in [0.2, 0.25) is 11.8 Å². The maximum atomic E-state index is 12.7. The van der Waals surface area contributed by atoms with E-state index in [4.69, 9.17) is 11.6 Å². The first kappa shape index (κ1) is 19.4. The largest absolute Gasteiger partial charge is 0.326 e. The number of hydrogen-bond donors (Lipinski definition) is 1. The molecule has 0 aromatic heterocycles. The zero-order chi connectivity index (χ0) is 19.6. The highest BCUT2D eigenvalue weighted by molar-refractivity contribution is 6.31. The first-order chi connectivity index (χ1) is 12.9. The van der Waals surface area contributed by atoms with Gasteiger partial charge in [-0.1, -0.05) is 49.7 Å². The fourth-order valence-electron chi connectivity index (χ4n) is 3.40. The maximum Gasteiger partial charge on any atom is 0.229 e. The monoisotopic (exact) mass is 384 g/mol. The molecule has 0 spiro atoms. The van der Waals surface area contributed by atoms with Crippen molar-refractivity contribution >= 4 is 34.8 Å². The lowest BCUT2D eigenvalue weighted by Gasteiger charge is -2.23. The van der Waals surface area contributed by atoms with Crippen LogP contribution in [0.15, 0.2) is 42.5 Å². The Balaban J connectivity index is 1.75. The summed E-state index contributed by atoms with van der Waals surface area (Å²) < 4.78 is 0. The SMILES string of the molecule is CC[C@H](C)c1ccccc1N1C[C@@H](C(=O)Nc2ccc(C)c(Cl)c2)CC1=O. The van der Waals surface area contributed by atoms with Gasteiger partial charge in [-0.05, 0) is 48.6 Å². The number of halogens is 1. The molecule has 0 saturated carbocycles. The number of aryl methyl sites for hydroxylation is 1. The maximum absolute atomic E-state index is 12.7. The Morgan fingerprint density at radius 2 is 2.04 bits per heavy atom. The minimum absolute atomic E-state index is 0.00663. The topological polar surface area (TPSA) is 49.4 Å². The molecule has 2 aromatic rings. The van der Waals surface area contributed by atoms with Crippen LogP contribution in [0.2, 0.25) is 5.02 Å². The van der Waals surface area contributed by atoms with Gasteiger partial charge in [0.25, 0.3) is 0 Å². The number of benzene rings is 2. The van der Waals surface area contributed by atoms with Crippen LogP contribution in [0.1, 0.15) is 43.7 Å². The zero-order valence-electron chi connectivity index (χ0n) is 16.0. The molecule has 0 bridgehead atoms. The Kier molecular flexibility index (Phi) is 5.85. The second kappa shape index (κ2) is 8.13. The van der Waals surface area contributed by atoms with Gasteiger partial charge in [-0.15, -0.1) is 0 Å². The van der Waals surface area contributed by atoms with Crippen molar-refractivity contribution < 1.29 is 9.59 Å². The van der Waals surface area contributed by atoms with Crippen LogP contribution in [0.4, 0.5) is 11.4 Å². The number of amides is 2. The molecule has 0 unspecified atom stereocenters. The summed E-state index contributed by atoms with van der Waals surface area (Å²) in [6.07, 6.45) is 1.22. The van der Waals surface area contributed by atoms with Gasteiger partial charge in [0, 0.05) is 29.4 Å². The van der Waals surface area contributed by atoms with Crippen LogP contribution in [0.5, 0.6) is 0 Å². The highest BCUT2D eigenvalue weighted by Gasteiger charge is 2.36. The second-order valence-electron chi connectivity index (χ2n) is 7.23. The molecule has 1 aliphatic rings. The lowest BCUT2D eigenvalue weighted by atomic mass is 9.96. The number of carbonyl (C=O) groups excluding carboxylic acids is 2. The van der Waals surface area contributed by atoms with Gasteiger partial charge in [0.15, 0.2) is 0 Å². The van der Waals surface area contributed by atoms with Crippen molar-refractivity contribution in [3.8, 4) is 0 Å². The second-order valence-corrected chi connectivity index (χ2v) is 7.63. The summed E-state index contributed by atoms with van der Waals surface area (Å²) in [4.78, 5) is 27.1. The quantitative estimate of drug-likeness (QED) is 0.774. The number of nitrogens with one attached hydrogen (secondary N) is 1. The average Bonchev–Trinajstić information content (AvgIpc) is 3.06. The minimum Gasteiger partial charge on any atom is -0.326 e. The molecule has 27 heavy (non-hydrogen) atoms. The van der Waals surface area contributed by atoms with E-state index in [-0.39, 0.29) is 24.2 Å². The fourth-order valence-corrected chi connectivity index (χ4v) is 3.58. The lowest BCUT2D eigenvalue weighted by Crippen LogP contribution is -2.29. The normalized spacial score (nSPS) is 17.9. The summed E-state index contributed by atoms with van der Waals surface area (Å²) in [5.74, 6) is -0.168. The predicted octanol–water partition coefficient (Wildman–Crippen LogP) is 5.15. The number of nitrogens with zero attached hydrogens (tertiary/aromatic N) is 1. The number of carbonyl (C=O) groups is 2. The van der Waals surface area contributed by atoms with Crippen molar-refractivity contribution in [2.75, 3.05) is 16.8 Å². The summed E-state index contributed by atoms with van der Waals surface area (Å²) in [7, 11) is 0. The molecule has 2 aromatic carbocycles. The van der Waals surface area contributed by atoms with Crippen molar-refractivity contribution in [3.05, 3.63) is 58.6 Å². The number of anilines is 2. The lowest BCUT2D eigenvalue weighted by molar-refractivity contribution is -0.122. The van der Waals surface area contributed by atoms with Gasteiger partial charge in [-0.3, -0.25) is 9.59 Å². The molecule has 1 saturated heterocycles. The van der Waals surface area contributed by atoms with Crippen molar-refractivity contribution in [2.24, 2.45) is 5.92 Å². The first-order valence-electron chi connectivity index (χ1n) is 9.37. The number of para-hydroxylation sites is 1. The molecule has 1 heterocycles. The molecule has 3 rings (SSSR count). The molecule has 0 radical (unpaired) electrons. The molecular formula is C22H25ClN2O2. The summed E-state index contributed by atoms with van der Waals surface area (Å²) in [5, 5.41) is 3.50. The molecule has 142 valence electrons. The van der Waals surface area contributed by atoms with Crippen LogP contribution in [0, 0.1) is 12.8 Å². The van der Waals surface area contributed by atoms with Crippen LogP contribution in [0.3, 0.4) is 0 Å². The minimum atomic E-state index is -0.373. The standard InChI is InChI=1S/C22H25ClN2O2/c1-4-14(2)18-7-5-6-8-20(18)25-13-16(11-21(25)26)22(27)24-17-10-9-15(3)19(23)12-17/h5-10,12,14,16H,4,11,13H2,1-3H3,(H,24,27)/t14-,16-/m0/s1. The van der Waals surface area contributed by atoms with Crippen molar-refractivity contribution in [3.63, 3.8) is 0 Å². The molecule has 2 atom stereocenters. The van der Waals surface area contributed by atoms with Crippen LogP contribution < -0.4 is 10.2 Å². The van der Waals surface area contributed by atoms with Crippen LogP contribution in [0.25, 0.3) is 0 Å². The molecular weight excluding hydrogens is 360 g/mol. The third-order valence-corrected chi connectivity index (χ3v) is 5.71. The molecule has 4 nitrogen and oxygen atoms in total. The molecule has 0 aliphatic carbocycles. The van der Waals surface area contributed by atoms with Gasteiger partial charge in [0.05, 0.1) is 5.92 Å². The van der Waals surface area contributed by atoms with E-state index in [1.54, 1.807) is 11.0 Å². The summed E-state index contributed by atoms with van der Waals surface area (Å²) in [6, 6.07) is 13.4. The summed E-state index contributed by atoms with van der Waals surface area (Å²) >= 11 is 6.13. The van der Waals surface area contributed by atoms with Gasteiger partial charge in [-0.2, -0.15) is 0 Å². The van der Waals surface area contributed by atoms with Crippen molar-refractivity contribution in [2.45, 2.75) is 39.5 Å². The van der Waals surface area contributed by atoms with Crippen molar-refractivity contribution in [1.82, 2.24) is 0 Å². The predicted molar refractivity (Wildman–Crippen MR) is 110 cm³/mol. The van der Waals surface area contributed by atoms with Gasteiger partial charge < -0.3 is 10.2 Å². The van der Waals surface area contributed by atoms with E-state index < -0.39 is 0 Å². The van der Waals surface area contributed by atoms with E-state index in [0.29, 0.717) is 23.2 Å². The summed E-state index contributed by atoms with van der Waals surface area (Å²) in [6.45, 7) is 6.61. The van der Waals surface area contributed by atoms with Gasteiger partial charge in [0.1, 0.15) is 0 Å². The van der Waals surface area contributed by atoms with E-state index in [1.807, 2.05) is 37.3 Å². The summed E-state index contributed by atoms with van der Waals surface area (Å²) in [5.41, 5.74) is 3.69. The Labute approximate surface area is 165 Å². The van der Waals surface area contributed by atoms with E-state index in [9.17, 15) is 9.59 Å². The van der Waals surface area contributed by atoms with Crippen molar-refractivity contribution in [1.29, 1.82) is 0 Å². The Morgan fingerprint density at radius 3 is 2.74 bits per heavy atom. The highest BCUT2D eigenvalue weighted by atomic mass is 35.5. The van der Waals surface area contributed by atoms with Crippen LogP contribution >= 0.6 is 11.6 Å². The van der Waals surface area contributed by atoms with E-state index >= 15 is 0 Å². The molecule has 1 fully saturated rings. The molecule has 5 heteroatoms. The smallest absolute Gasteiger partial charge is 0.229 e. The molecule has 1 aliphatic heterocycles. The third-order valence-electron chi connectivity index (χ3n) is 5.31. The Morgan fingerprint density at radius 1 is 1.30 bits per heavy atom. The van der Waals surface area contributed by atoms with Gasteiger partial charge in [-0.25, -0.2) is 0 Å². The van der Waals surface area contributed by atoms with E-state index in [0.717, 1.165) is 23.2 Å². The van der Waals surface area contributed by atoms with Crippen LogP contribution in [-0.2, 0) is 9.59 Å². The van der Waals surface area contributed by atoms with E-state index in [2.05, 4.69) is 25.2 Å². The highest BCUT2D eigenvalue weighted by Crippen LogP contribution is 2.33. The molecule has 2 amide bonds. The molecule has 1 N–H and O–H groups in total. The Hall–Kier alpha value is -2.33. The van der Waals surface area contributed by atoms with Gasteiger partial charge >= 0.3 is 0 Å². The number of rotatable bonds is 5. The zero-order valence-corrected chi connectivity index (χ0v) is 16.7. The van der Waals surface area contributed by atoms with Crippen LogP contribution in [-0.4, -0.2) is 18.4 Å². The first-order valence-corrected chi connectivity index (χ1v) is 9.74. The fraction of sp³-hybridized carbons (Fsp3) is 0.364. The number of hydrogen-bond acceptors (Lipinski definition) is 2. The Bertz CT molecular complexity index is 865. The third kappa shape index (κ3) is 4.16. The average molecular weight is 385 g/mol.